The van der Waals surface area contributed by atoms with Gasteiger partial charge in [-0.25, -0.2) is 4.98 Å². The molecule has 1 aliphatic rings. The third-order valence-corrected chi connectivity index (χ3v) is 4.44. The van der Waals surface area contributed by atoms with Crippen molar-refractivity contribution >= 4 is 16.9 Å². The lowest BCUT2D eigenvalue weighted by Crippen LogP contribution is -2.13. The maximum atomic E-state index is 11.3. The van der Waals surface area contributed by atoms with Gasteiger partial charge >= 0.3 is 0 Å². The van der Waals surface area contributed by atoms with Crippen LogP contribution >= 0.6 is 0 Å². The molecule has 1 aromatic carbocycles. The molecule has 4 rings (SSSR count). The molecule has 0 saturated carbocycles. The summed E-state index contributed by atoms with van der Waals surface area (Å²) in [5.41, 5.74) is 4.59. The predicted octanol–water partition coefficient (Wildman–Crippen LogP) is 2.84. The minimum absolute atomic E-state index is 0.147. The lowest BCUT2D eigenvalue weighted by Gasteiger charge is -2.09. The van der Waals surface area contributed by atoms with Gasteiger partial charge in [-0.05, 0) is 28.8 Å². The van der Waals surface area contributed by atoms with E-state index in [2.05, 4.69) is 46.7 Å². The zero-order valence-electron chi connectivity index (χ0n) is 12.4. The molecule has 1 aliphatic heterocycles. The third kappa shape index (κ3) is 2.08. The van der Waals surface area contributed by atoms with Crippen LogP contribution in [0.1, 0.15) is 17.9 Å². The van der Waals surface area contributed by atoms with Crippen LogP contribution in [0.2, 0.25) is 0 Å². The molecule has 1 atom stereocenters. The summed E-state index contributed by atoms with van der Waals surface area (Å²) in [5, 5.41) is 4.05. The molecule has 0 spiro atoms. The Morgan fingerprint density at radius 1 is 1.18 bits per heavy atom. The monoisotopic (exact) mass is 291 g/mol. The van der Waals surface area contributed by atoms with Crippen LogP contribution < -0.4 is 5.32 Å². The SMILES string of the molecule is Cn1ccc2c(-c3ccc(C4CNC(=O)C4)cc3)ccnc21. The van der Waals surface area contributed by atoms with Crippen LogP contribution in [0.15, 0.2) is 48.8 Å². The summed E-state index contributed by atoms with van der Waals surface area (Å²) in [7, 11) is 2.01. The van der Waals surface area contributed by atoms with E-state index in [1.807, 2.05) is 24.0 Å². The van der Waals surface area contributed by atoms with Crippen molar-refractivity contribution in [1.29, 1.82) is 0 Å². The molecule has 1 amide bonds. The van der Waals surface area contributed by atoms with Crippen molar-refractivity contribution in [2.45, 2.75) is 12.3 Å². The highest BCUT2D eigenvalue weighted by Crippen LogP contribution is 2.30. The molecule has 4 nitrogen and oxygen atoms in total. The topological polar surface area (TPSA) is 46.9 Å². The van der Waals surface area contributed by atoms with Gasteiger partial charge in [0.05, 0.1) is 0 Å². The summed E-state index contributed by atoms with van der Waals surface area (Å²) in [4.78, 5) is 15.8. The molecule has 0 radical (unpaired) electrons. The zero-order chi connectivity index (χ0) is 15.1. The van der Waals surface area contributed by atoms with Gasteiger partial charge in [0.1, 0.15) is 5.65 Å². The first-order valence-electron chi connectivity index (χ1n) is 7.49. The highest BCUT2D eigenvalue weighted by Gasteiger charge is 2.22. The number of amides is 1. The van der Waals surface area contributed by atoms with E-state index in [0.717, 1.165) is 17.6 Å². The van der Waals surface area contributed by atoms with Crippen molar-refractivity contribution in [2.75, 3.05) is 6.54 Å². The van der Waals surface area contributed by atoms with Gasteiger partial charge in [-0.2, -0.15) is 0 Å². The Balaban J connectivity index is 1.72. The molecule has 1 saturated heterocycles. The number of hydrogen-bond acceptors (Lipinski definition) is 2. The van der Waals surface area contributed by atoms with Crippen LogP contribution in [0, 0.1) is 0 Å². The molecular formula is C18H17N3O. The Morgan fingerprint density at radius 2 is 2.00 bits per heavy atom. The number of hydrogen-bond donors (Lipinski definition) is 1. The quantitative estimate of drug-likeness (QED) is 0.789. The smallest absolute Gasteiger partial charge is 0.220 e. The number of carbonyl (C=O) groups excluding carboxylic acids is 1. The van der Waals surface area contributed by atoms with Crippen molar-refractivity contribution in [2.24, 2.45) is 7.05 Å². The van der Waals surface area contributed by atoms with Crippen LogP contribution in [-0.2, 0) is 11.8 Å². The third-order valence-electron chi connectivity index (χ3n) is 4.44. The Kier molecular flexibility index (Phi) is 2.96. The standard InChI is InChI=1S/C18H17N3O/c1-21-9-7-16-15(6-8-19-18(16)21)13-4-2-12(3-5-13)14-10-17(22)20-11-14/h2-9,14H,10-11H2,1H3,(H,20,22). The molecular weight excluding hydrogens is 274 g/mol. The summed E-state index contributed by atoms with van der Waals surface area (Å²) >= 11 is 0. The van der Waals surface area contributed by atoms with Gasteiger partial charge in [-0.3, -0.25) is 4.79 Å². The molecule has 0 aliphatic carbocycles. The van der Waals surface area contributed by atoms with E-state index in [4.69, 9.17) is 0 Å². The van der Waals surface area contributed by atoms with Crippen LogP contribution in [0.25, 0.3) is 22.2 Å². The molecule has 3 aromatic rings. The summed E-state index contributed by atoms with van der Waals surface area (Å²) in [6.07, 6.45) is 4.48. The van der Waals surface area contributed by atoms with Crippen LogP contribution in [0.5, 0.6) is 0 Å². The highest BCUT2D eigenvalue weighted by molar-refractivity contribution is 5.93. The fourth-order valence-electron chi connectivity index (χ4n) is 3.19. The van der Waals surface area contributed by atoms with Crippen LogP contribution in [0.3, 0.4) is 0 Å². The molecule has 2 aromatic heterocycles. The summed E-state index contributed by atoms with van der Waals surface area (Å²) in [6.45, 7) is 0.746. The first-order chi connectivity index (χ1) is 10.7. The summed E-state index contributed by atoms with van der Waals surface area (Å²) < 4.78 is 2.03. The minimum atomic E-state index is 0.147. The second kappa shape index (κ2) is 4.98. The average Bonchev–Trinajstić information content (AvgIpc) is 3.14. The highest BCUT2D eigenvalue weighted by atomic mass is 16.1. The van der Waals surface area contributed by atoms with E-state index in [9.17, 15) is 4.79 Å². The van der Waals surface area contributed by atoms with E-state index in [-0.39, 0.29) is 5.91 Å². The number of nitrogens with zero attached hydrogens (tertiary/aromatic N) is 2. The van der Waals surface area contributed by atoms with Gasteiger partial charge in [0.2, 0.25) is 5.91 Å². The maximum Gasteiger partial charge on any atom is 0.220 e. The predicted molar refractivity (Wildman–Crippen MR) is 86.5 cm³/mol. The second-order valence-electron chi connectivity index (χ2n) is 5.85. The van der Waals surface area contributed by atoms with Crippen LogP contribution in [0.4, 0.5) is 0 Å². The Bertz CT molecular complexity index is 848. The van der Waals surface area contributed by atoms with E-state index in [1.165, 1.54) is 16.7 Å². The Morgan fingerprint density at radius 3 is 2.73 bits per heavy atom. The van der Waals surface area contributed by atoms with Crippen molar-refractivity contribution in [1.82, 2.24) is 14.9 Å². The van der Waals surface area contributed by atoms with Gasteiger partial charge in [0.25, 0.3) is 0 Å². The van der Waals surface area contributed by atoms with Crippen molar-refractivity contribution in [3.63, 3.8) is 0 Å². The van der Waals surface area contributed by atoms with E-state index < -0.39 is 0 Å². The molecule has 1 unspecified atom stereocenters. The summed E-state index contributed by atoms with van der Waals surface area (Å²) in [6, 6.07) is 12.7. The number of benzene rings is 1. The number of nitrogens with one attached hydrogen (secondary N) is 1. The largest absolute Gasteiger partial charge is 0.355 e. The molecule has 3 heterocycles. The zero-order valence-corrected chi connectivity index (χ0v) is 12.4. The lowest BCUT2D eigenvalue weighted by molar-refractivity contribution is -0.119. The fraction of sp³-hybridized carbons (Fsp3) is 0.222. The first-order valence-corrected chi connectivity index (χ1v) is 7.49. The second-order valence-corrected chi connectivity index (χ2v) is 5.85. The molecule has 110 valence electrons. The van der Waals surface area contributed by atoms with Crippen molar-refractivity contribution in [3.05, 3.63) is 54.4 Å². The van der Waals surface area contributed by atoms with E-state index in [0.29, 0.717) is 12.3 Å². The Labute approximate surface area is 128 Å². The van der Waals surface area contributed by atoms with Gasteiger partial charge in [-0.1, -0.05) is 24.3 Å². The van der Waals surface area contributed by atoms with Gasteiger partial charge < -0.3 is 9.88 Å². The first kappa shape index (κ1) is 13.1. The number of aromatic nitrogens is 2. The lowest BCUT2D eigenvalue weighted by atomic mass is 9.95. The van der Waals surface area contributed by atoms with Crippen LogP contribution in [-0.4, -0.2) is 22.0 Å². The molecule has 1 N–H and O–H groups in total. The molecule has 0 bridgehead atoms. The van der Waals surface area contributed by atoms with Gasteiger partial charge in [0.15, 0.2) is 0 Å². The van der Waals surface area contributed by atoms with E-state index >= 15 is 0 Å². The maximum absolute atomic E-state index is 11.3. The number of aryl methyl sites for hydroxylation is 1. The van der Waals surface area contributed by atoms with Gasteiger partial charge in [0, 0.05) is 43.7 Å². The normalized spacial score (nSPS) is 17.9. The fourth-order valence-corrected chi connectivity index (χ4v) is 3.19. The molecule has 1 fully saturated rings. The molecule has 22 heavy (non-hydrogen) atoms. The molecule has 4 heteroatoms. The number of fused-ring (bicyclic) bond motifs is 1. The summed E-state index contributed by atoms with van der Waals surface area (Å²) in [5.74, 6) is 0.449. The Hall–Kier alpha value is -2.62. The van der Waals surface area contributed by atoms with Gasteiger partial charge in [-0.15, -0.1) is 0 Å². The van der Waals surface area contributed by atoms with E-state index in [1.54, 1.807) is 0 Å². The minimum Gasteiger partial charge on any atom is -0.355 e. The number of carbonyl (C=O) groups is 1. The number of pyridine rings is 1. The van der Waals surface area contributed by atoms with Crippen molar-refractivity contribution < 1.29 is 4.79 Å². The van der Waals surface area contributed by atoms with Crippen molar-refractivity contribution in [3.8, 4) is 11.1 Å². The number of rotatable bonds is 2. The average molecular weight is 291 g/mol.